The summed E-state index contributed by atoms with van der Waals surface area (Å²) in [6, 6.07) is 13.7. The van der Waals surface area contributed by atoms with Gasteiger partial charge in [0.05, 0.1) is 12.7 Å². The van der Waals surface area contributed by atoms with Crippen LogP contribution in [0.3, 0.4) is 0 Å². The number of ether oxygens (including phenoxy) is 2. The summed E-state index contributed by atoms with van der Waals surface area (Å²) in [5.41, 5.74) is 4.01. The molecule has 2 atom stereocenters. The van der Waals surface area contributed by atoms with Crippen molar-refractivity contribution in [2.24, 2.45) is 10.9 Å². The van der Waals surface area contributed by atoms with Crippen LogP contribution in [-0.2, 0) is 22.6 Å². The van der Waals surface area contributed by atoms with Crippen molar-refractivity contribution in [3.63, 3.8) is 0 Å². The van der Waals surface area contributed by atoms with Gasteiger partial charge in [-0.2, -0.15) is 0 Å². The lowest BCUT2D eigenvalue weighted by Gasteiger charge is -2.32. The monoisotopic (exact) mass is 541 g/mol. The van der Waals surface area contributed by atoms with Crippen molar-refractivity contribution in [3.8, 4) is 0 Å². The molecule has 1 saturated heterocycles. The van der Waals surface area contributed by atoms with Gasteiger partial charge in [-0.15, -0.1) is 24.0 Å². The predicted molar refractivity (Wildman–Crippen MR) is 133 cm³/mol. The van der Waals surface area contributed by atoms with Gasteiger partial charge in [0.2, 0.25) is 0 Å². The summed E-state index contributed by atoms with van der Waals surface area (Å²) >= 11 is 0. The molecule has 3 rings (SSSR count). The maximum atomic E-state index is 13.8. The van der Waals surface area contributed by atoms with Gasteiger partial charge in [-0.25, -0.2) is 4.39 Å². The van der Waals surface area contributed by atoms with Crippen molar-refractivity contribution in [2.75, 3.05) is 27.3 Å². The van der Waals surface area contributed by atoms with Gasteiger partial charge < -0.3 is 20.1 Å². The topological polar surface area (TPSA) is 54.9 Å². The smallest absolute Gasteiger partial charge is 0.191 e. The highest BCUT2D eigenvalue weighted by molar-refractivity contribution is 14.0. The van der Waals surface area contributed by atoms with Crippen LogP contribution in [0.4, 0.5) is 4.39 Å². The van der Waals surface area contributed by atoms with Gasteiger partial charge in [-0.3, -0.25) is 4.99 Å². The van der Waals surface area contributed by atoms with E-state index >= 15 is 0 Å². The first kappa shape index (κ1) is 25.5. The number of halogens is 2. The van der Waals surface area contributed by atoms with E-state index in [1.165, 1.54) is 17.2 Å². The van der Waals surface area contributed by atoms with E-state index in [1.807, 2.05) is 6.07 Å². The van der Waals surface area contributed by atoms with E-state index in [-0.39, 0.29) is 42.5 Å². The zero-order chi connectivity index (χ0) is 21.3. The van der Waals surface area contributed by atoms with E-state index in [0.29, 0.717) is 18.0 Å². The van der Waals surface area contributed by atoms with Gasteiger partial charge in [-0.05, 0) is 43.0 Å². The van der Waals surface area contributed by atoms with Gasteiger partial charge in [0, 0.05) is 45.3 Å². The normalized spacial score (nSPS) is 18.9. The number of rotatable bonds is 7. The first-order valence-electron chi connectivity index (χ1n) is 10.5. The second kappa shape index (κ2) is 13.0. The zero-order valence-corrected chi connectivity index (χ0v) is 20.8. The molecular weight excluding hydrogens is 508 g/mol. The molecule has 1 aliphatic heterocycles. The average molecular weight is 541 g/mol. The maximum absolute atomic E-state index is 13.8. The third kappa shape index (κ3) is 7.43. The Kier molecular flexibility index (Phi) is 10.7. The Morgan fingerprint density at radius 3 is 2.68 bits per heavy atom. The van der Waals surface area contributed by atoms with Gasteiger partial charge >= 0.3 is 0 Å². The molecule has 0 amide bonds. The fourth-order valence-corrected chi connectivity index (χ4v) is 3.82. The van der Waals surface area contributed by atoms with Crippen molar-refractivity contribution in [3.05, 3.63) is 70.5 Å². The van der Waals surface area contributed by atoms with Crippen molar-refractivity contribution in [2.45, 2.75) is 39.0 Å². The van der Waals surface area contributed by atoms with Crippen molar-refractivity contribution >= 4 is 29.9 Å². The minimum Gasteiger partial charge on any atom is -0.380 e. The fourth-order valence-electron chi connectivity index (χ4n) is 3.82. The largest absolute Gasteiger partial charge is 0.380 e. The van der Waals surface area contributed by atoms with Crippen molar-refractivity contribution in [1.82, 2.24) is 10.6 Å². The molecule has 2 unspecified atom stereocenters. The summed E-state index contributed by atoms with van der Waals surface area (Å²) in [6.45, 7) is 4.49. The summed E-state index contributed by atoms with van der Waals surface area (Å²) in [5, 5.41) is 6.74. The Morgan fingerprint density at radius 2 is 1.97 bits per heavy atom. The quantitative estimate of drug-likeness (QED) is 0.303. The number of aliphatic imine (C=N–C) groups is 1. The summed E-state index contributed by atoms with van der Waals surface area (Å²) in [7, 11) is 3.32. The van der Waals surface area contributed by atoms with Crippen LogP contribution in [0.1, 0.15) is 41.2 Å². The standard InChI is InChI=1S/C24H32FN3O2.HI/c1-17-6-9-19(10-7-17)23-20(5-4-12-30-23)15-28-24(26-2)27-14-18-8-11-22(25)21(13-18)16-29-3;/h6-11,13,20,23H,4-5,12,14-16H2,1-3H3,(H2,26,27,28);1H. The lowest BCUT2D eigenvalue weighted by Crippen LogP contribution is -2.41. The van der Waals surface area contributed by atoms with Crippen LogP contribution in [0.25, 0.3) is 0 Å². The average Bonchev–Trinajstić information content (AvgIpc) is 2.77. The molecule has 1 heterocycles. The van der Waals surface area contributed by atoms with E-state index in [0.717, 1.165) is 37.5 Å². The van der Waals surface area contributed by atoms with E-state index in [9.17, 15) is 4.39 Å². The van der Waals surface area contributed by atoms with Crippen molar-refractivity contribution < 1.29 is 13.9 Å². The van der Waals surface area contributed by atoms with Crippen LogP contribution in [0.5, 0.6) is 0 Å². The molecule has 1 fully saturated rings. The van der Waals surface area contributed by atoms with E-state index in [1.54, 1.807) is 20.2 Å². The van der Waals surface area contributed by atoms with Gasteiger partial charge in [0.25, 0.3) is 0 Å². The van der Waals surface area contributed by atoms with Crippen LogP contribution in [-0.4, -0.2) is 33.3 Å². The van der Waals surface area contributed by atoms with Crippen molar-refractivity contribution in [1.29, 1.82) is 0 Å². The highest BCUT2D eigenvalue weighted by Crippen LogP contribution is 2.33. The van der Waals surface area contributed by atoms with Gasteiger partial charge in [0.1, 0.15) is 5.82 Å². The first-order chi connectivity index (χ1) is 14.6. The van der Waals surface area contributed by atoms with Gasteiger partial charge in [-0.1, -0.05) is 35.9 Å². The third-order valence-electron chi connectivity index (χ3n) is 5.48. The molecule has 0 bridgehead atoms. The van der Waals surface area contributed by atoms with Crippen LogP contribution < -0.4 is 10.6 Å². The molecule has 170 valence electrons. The van der Waals surface area contributed by atoms with E-state index in [2.05, 4.69) is 46.8 Å². The Morgan fingerprint density at radius 1 is 1.19 bits per heavy atom. The molecule has 2 aromatic rings. The molecule has 0 saturated carbocycles. The van der Waals surface area contributed by atoms with Crippen LogP contribution in [0, 0.1) is 18.7 Å². The highest BCUT2D eigenvalue weighted by atomic mass is 127. The fraction of sp³-hybridized carbons (Fsp3) is 0.458. The molecule has 5 nitrogen and oxygen atoms in total. The summed E-state index contributed by atoms with van der Waals surface area (Å²) < 4.78 is 25.0. The number of benzene rings is 2. The molecule has 0 aromatic heterocycles. The number of nitrogens with one attached hydrogen (secondary N) is 2. The lowest BCUT2D eigenvalue weighted by atomic mass is 9.89. The summed E-state index contributed by atoms with van der Waals surface area (Å²) in [4.78, 5) is 4.33. The minimum absolute atomic E-state index is 0. The third-order valence-corrected chi connectivity index (χ3v) is 5.48. The SMILES string of the molecule is CN=C(NCc1ccc(F)c(COC)c1)NCC1CCCOC1c1ccc(C)cc1.I. The second-order valence-electron chi connectivity index (χ2n) is 7.77. The lowest BCUT2D eigenvalue weighted by molar-refractivity contribution is -0.0265. The molecule has 1 aliphatic rings. The highest BCUT2D eigenvalue weighted by Gasteiger charge is 2.27. The van der Waals surface area contributed by atoms with Crippen LogP contribution in [0.15, 0.2) is 47.5 Å². The van der Waals surface area contributed by atoms with Gasteiger partial charge in [0.15, 0.2) is 5.96 Å². The zero-order valence-electron chi connectivity index (χ0n) is 18.5. The molecular formula is C24H33FIN3O2. The Hall–Kier alpha value is -1.71. The van der Waals surface area contributed by atoms with Crippen LogP contribution >= 0.6 is 24.0 Å². The maximum Gasteiger partial charge on any atom is 0.191 e. The number of hydrogen-bond donors (Lipinski definition) is 2. The van der Waals surface area contributed by atoms with E-state index < -0.39 is 0 Å². The van der Waals surface area contributed by atoms with E-state index in [4.69, 9.17) is 9.47 Å². The molecule has 0 radical (unpaired) electrons. The minimum atomic E-state index is -0.248. The first-order valence-corrected chi connectivity index (χ1v) is 10.5. The number of nitrogens with zero attached hydrogens (tertiary/aromatic N) is 1. The molecule has 2 aromatic carbocycles. The Balaban J connectivity index is 0.00000341. The molecule has 0 spiro atoms. The molecule has 0 aliphatic carbocycles. The Bertz CT molecular complexity index is 845. The molecule has 2 N–H and O–H groups in total. The summed E-state index contributed by atoms with van der Waals surface area (Å²) in [5.74, 6) is 0.850. The number of methoxy groups -OCH3 is 1. The predicted octanol–water partition coefficient (Wildman–Crippen LogP) is 4.73. The molecule has 7 heteroatoms. The molecule has 31 heavy (non-hydrogen) atoms. The second-order valence-corrected chi connectivity index (χ2v) is 7.77. The number of guanidine groups is 1. The number of aryl methyl sites for hydroxylation is 1. The van der Waals surface area contributed by atoms with Crippen LogP contribution in [0.2, 0.25) is 0 Å². The Labute approximate surface area is 201 Å². The summed E-state index contributed by atoms with van der Waals surface area (Å²) in [6.07, 6.45) is 2.28. The number of hydrogen-bond acceptors (Lipinski definition) is 3.